The van der Waals surface area contributed by atoms with Gasteiger partial charge < -0.3 is 0 Å². The summed E-state index contributed by atoms with van der Waals surface area (Å²) in [5.74, 6) is 0. The van der Waals surface area contributed by atoms with Gasteiger partial charge in [-0.05, 0) is 6.92 Å². The molecule has 1 aromatic rings. The number of hydrogen-bond acceptors (Lipinski definition) is 2. The second-order valence-corrected chi connectivity index (χ2v) is 2.27. The molecule has 0 saturated carbocycles. The minimum absolute atomic E-state index is 0.338. The molecular weight excluding hydrogens is 123 g/mol. The largest absolute Gasteiger partial charge is 0.285 e. The van der Waals surface area contributed by atoms with Gasteiger partial charge in [0, 0.05) is 10.9 Å². The van der Waals surface area contributed by atoms with E-state index in [1.807, 2.05) is 0 Å². The Morgan fingerprint density at radius 2 is 1.75 bits per heavy atom. The monoisotopic (exact) mass is 128 g/mol. The van der Waals surface area contributed by atoms with Crippen LogP contribution in [0.5, 0.6) is 0 Å². The Kier molecular flexibility index (Phi) is 1.05. The van der Waals surface area contributed by atoms with Crippen molar-refractivity contribution < 1.29 is 0 Å². The summed E-state index contributed by atoms with van der Waals surface area (Å²) in [5, 5.41) is 0.537. The van der Waals surface area contributed by atoms with E-state index in [2.05, 4.69) is 9.24 Å². The molecule has 42 valence electrons. The van der Waals surface area contributed by atoms with Gasteiger partial charge in [0.1, 0.15) is 0 Å². The van der Waals surface area contributed by atoms with Gasteiger partial charge in [0.25, 0.3) is 0 Å². The van der Waals surface area contributed by atoms with Crippen LogP contribution in [0.4, 0.5) is 0 Å². The molecule has 0 bridgehead atoms. The topological polar surface area (TPSA) is 34.1 Å². The van der Waals surface area contributed by atoms with Gasteiger partial charge in [-0.3, -0.25) is 9.59 Å². The van der Waals surface area contributed by atoms with E-state index in [4.69, 9.17) is 0 Å². The summed E-state index contributed by atoms with van der Waals surface area (Å²) in [7, 11) is 2.23. The standard InChI is InChI=1S/C5H5O2P/c1-2-3(6)4(7)5(2)8/h8H2,1H3. The minimum Gasteiger partial charge on any atom is -0.285 e. The van der Waals surface area contributed by atoms with E-state index in [1.54, 1.807) is 6.92 Å². The maximum Gasteiger partial charge on any atom is 0.233 e. The zero-order valence-corrected chi connectivity index (χ0v) is 5.55. The van der Waals surface area contributed by atoms with Crippen LogP contribution in [0.15, 0.2) is 9.59 Å². The van der Waals surface area contributed by atoms with Crippen molar-refractivity contribution >= 4 is 14.5 Å². The van der Waals surface area contributed by atoms with Gasteiger partial charge in [-0.1, -0.05) is 0 Å². The van der Waals surface area contributed by atoms with Gasteiger partial charge in [0.05, 0.1) is 0 Å². The van der Waals surface area contributed by atoms with Crippen LogP contribution in [-0.2, 0) is 0 Å². The highest BCUT2D eigenvalue weighted by molar-refractivity contribution is 7.27. The maximum absolute atomic E-state index is 10.4. The van der Waals surface area contributed by atoms with Crippen LogP contribution in [0.1, 0.15) is 5.56 Å². The highest BCUT2D eigenvalue weighted by atomic mass is 31.0. The molecule has 0 aliphatic carbocycles. The first-order chi connectivity index (χ1) is 3.64. The SMILES string of the molecule is Cc1c(P)c(=O)c1=O. The van der Waals surface area contributed by atoms with Gasteiger partial charge in [-0.25, -0.2) is 0 Å². The summed E-state index contributed by atoms with van der Waals surface area (Å²) in [6, 6.07) is 0. The molecule has 1 unspecified atom stereocenters. The van der Waals surface area contributed by atoms with Crippen molar-refractivity contribution in [3.63, 3.8) is 0 Å². The number of hydrogen-bond donors (Lipinski definition) is 0. The van der Waals surface area contributed by atoms with Gasteiger partial charge in [0.15, 0.2) is 0 Å². The van der Waals surface area contributed by atoms with Gasteiger partial charge in [-0.15, -0.1) is 9.24 Å². The fourth-order valence-electron chi connectivity index (χ4n) is 0.523. The van der Waals surface area contributed by atoms with E-state index in [9.17, 15) is 9.59 Å². The fraction of sp³-hybridized carbons (Fsp3) is 0.200. The lowest BCUT2D eigenvalue weighted by Gasteiger charge is -1.95. The average Bonchev–Trinajstić information content (AvgIpc) is 1.83. The highest BCUT2D eigenvalue weighted by Crippen LogP contribution is 1.85. The number of rotatable bonds is 0. The van der Waals surface area contributed by atoms with Crippen LogP contribution in [-0.4, -0.2) is 0 Å². The van der Waals surface area contributed by atoms with E-state index in [1.165, 1.54) is 0 Å². The summed E-state index contributed by atoms with van der Waals surface area (Å²) in [6.45, 7) is 1.64. The summed E-state index contributed by atoms with van der Waals surface area (Å²) in [6.07, 6.45) is 0. The van der Waals surface area contributed by atoms with E-state index in [0.717, 1.165) is 0 Å². The molecule has 3 heteroatoms. The molecule has 0 saturated heterocycles. The van der Waals surface area contributed by atoms with Crippen LogP contribution in [0.3, 0.4) is 0 Å². The van der Waals surface area contributed by atoms with Crippen LogP contribution in [0.2, 0.25) is 0 Å². The smallest absolute Gasteiger partial charge is 0.233 e. The Bertz CT molecular complexity index is 250. The molecule has 0 heterocycles. The second kappa shape index (κ2) is 1.49. The average molecular weight is 128 g/mol. The van der Waals surface area contributed by atoms with Gasteiger partial charge >= 0.3 is 0 Å². The van der Waals surface area contributed by atoms with Crippen LogP contribution >= 0.6 is 9.24 Å². The summed E-state index contributed by atoms with van der Waals surface area (Å²) < 4.78 is 0. The predicted octanol–water partition coefficient (Wildman–Crippen LogP) is -0.909. The zero-order valence-electron chi connectivity index (χ0n) is 4.39. The molecule has 1 aromatic carbocycles. The van der Waals surface area contributed by atoms with Gasteiger partial charge in [0.2, 0.25) is 10.9 Å². The van der Waals surface area contributed by atoms with Crippen LogP contribution in [0, 0.1) is 6.92 Å². The van der Waals surface area contributed by atoms with Crippen molar-refractivity contribution in [3.05, 3.63) is 26.0 Å². The molecule has 0 N–H and O–H groups in total. The van der Waals surface area contributed by atoms with Gasteiger partial charge in [-0.2, -0.15) is 0 Å². The first-order valence-electron chi connectivity index (χ1n) is 2.20. The van der Waals surface area contributed by atoms with Crippen LogP contribution < -0.4 is 16.2 Å². The fourth-order valence-corrected chi connectivity index (χ4v) is 0.785. The molecule has 1 rings (SSSR count). The lowest BCUT2D eigenvalue weighted by molar-refractivity contribution is 1.33. The first-order valence-corrected chi connectivity index (χ1v) is 2.77. The van der Waals surface area contributed by atoms with Crippen molar-refractivity contribution in [1.29, 1.82) is 0 Å². The molecule has 2 nitrogen and oxygen atoms in total. The van der Waals surface area contributed by atoms with Crippen molar-refractivity contribution in [2.24, 2.45) is 0 Å². The van der Waals surface area contributed by atoms with Crippen molar-refractivity contribution in [2.45, 2.75) is 6.92 Å². The summed E-state index contributed by atoms with van der Waals surface area (Å²) in [4.78, 5) is 20.7. The zero-order chi connectivity index (χ0) is 6.31. The molecule has 8 heavy (non-hydrogen) atoms. The van der Waals surface area contributed by atoms with E-state index in [0.29, 0.717) is 10.9 Å². The van der Waals surface area contributed by atoms with E-state index >= 15 is 0 Å². The second-order valence-electron chi connectivity index (χ2n) is 1.70. The lowest BCUT2D eigenvalue weighted by atomic mass is 10.2. The normalized spacial score (nSPS) is 10.2. The Morgan fingerprint density at radius 3 is 1.88 bits per heavy atom. The quantitative estimate of drug-likeness (QED) is 0.335. The molecule has 0 spiro atoms. The Labute approximate surface area is 48.4 Å². The van der Waals surface area contributed by atoms with E-state index in [-0.39, 0.29) is 10.9 Å². The molecule has 0 aromatic heterocycles. The Balaban J connectivity index is 3.48. The predicted molar refractivity (Wildman–Crippen MR) is 35.4 cm³/mol. The Hall–Kier alpha value is -0.490. The maximum atomic E-state index is 10.4. The molecular formula is C5H5O2P. The van der Waals surface area contributed by atoms with Crippen molar-refractivity contribution in [3.8, 4) is 0 Å². The molecule has 0 fully saturated rings. The molecule has 1 atom stereocenters. The Morgan fingerprint density at radius 1 is 1.25 bits per heavy atom. The lowest BCUT2D eigenvalue weighted by Crippen LogP contribution is -2.46. The summed E-state index contributed by atoms with van der Waals surface area (Å²) in [5.41, 5.74) is -0.109. The molecule has 0 aliphatic rings. The first kappa shape index (κ1) is 5.64. The minimum atomic E-state index is -0.354. The molecule has 0 aliphatic heterocycles. The molecule has 0 amide bonds. The van der Waals surface area contributed by atoms with Crippen molar-refractivity contribution in [2.75, 3.05) is 0 Å². The van der Waals surface area contributed by atoms with Crippen LogP contribution in [0.25, 0.3) is 0 Å². The third-order valence-electron chi connectivity index (χ3n) is 1.20. The van der Waals surface area contributed by atoms with Crippen molar-refractivity contribution in [1.82, 2.24) is 0 Å². The third kappa shape index (κ3) is 0.466. The highest BCUT2D eigenvalue weighted by Gasteiger charge is 2.10. The summed E-state index contributed by atoms with van der Waals surface area (Å²) >= 11 is 0. The van der Waals surface area contributed by atoms with E-state index < -0.39 is 0 Å². The third-order valence-corrected chi connectivity index (χ3v) is 1.89. The molecule has 0 radical (unpaired) electrons.